The van der Waals surface area contributed by atoms with Crippen LogP contribution in [0.4, 0.5) is 0 Å². The third-order valence-corrected chi connectivity index (χ3v) is 6.99. The molecular formula is C22H21NO9. The largest absolute Gasteiger partial charge is 0.507 e. The molecule has 4 rings (SSSR count). The van der Waals surface area contributed by atoms with E-state index in [1.807, 2.05) is 0 Å². The van der Waals surface area contributed by atoms with Crippen LogP contribution in [0.25, 0.3) is 0 Å². The minimum atomic E-state index is -2.92. The second-order valence-corrected chi connectivity index (χ2v) is 8.63. The van der Waals surface area contributed by atoms with E-state index in [4.69, 9.17) is 10.5 Å². The van der Waals surface area contributed by atoms with Crippen LogP contribution >= 0.6 is 0 Å². The van der Waals surface area contributed by atoms with E-state index in [9.17, 15) is 39.0 Å². The number of hydrogen-bond donors (Lipinski definition) is 3. The Morgan fingerprint density at radius 1 is 1.16 bits per heavy atom. The number of Topliss-reactive ketones (excluding diaryl/α,β-unsaturated/α-hetero) is 4. The van der Waals surface area contributed by atoms with Crippen LogP contribution in [0, 0.1) is 23.7 Å². The summed E-state index contributed by atoms with van der Waals surface area (Å²) in [6, 6.07) is 4.38. The number of rotatable bonds is 2. The summed E-state index contributed by atoms with van der Waals surface area (Å²) in [6.07, 6.45) is -1.97. The number of carbonyl (C=O) groups is 6. The molecular weight excluding hydrogens is 422 g/mol. The fraction of sp³-hybridized carbons (Fsp3) is 0.455. The number of phenols is 1. The third kappa shape index (κ3) is 2.68. The summed E-state index contributed by atoms with van der Waals surface area (Å²) >= 11 is 0. The first-order valence-corrected chi connectivity index (χ1v) is 10.1. The Morgan fingerprint density at radius 3 is 2.41 bits per heavy atom. The van der Waals surface area contributed by atoms with Gasteiger partial charge in [-0.1, -0.05) is 19.1 Å². The average Bonchev–Trinajstić information content (AvgIpc) is 2.70. The van der Waals surface area contributed by atoms with E-state index in [1.54, 1.807) is 13.0 Å². The van der Waals surface area contributed by atoms with Crippen molar-refractivity contribution < 1.29 is 43.7 Å². The molecule has 4 N–H and O–H groups in total. The zero-order valence-corrected chi connectivity index (χ0v) is 17.2. The Labute approximate surface area is 181 Å². The van der Waals surface area contributed by atoms with Crippen LogP contribution in [0.15, 0.2) is 18.2 Å². The molecule has 3 aliphatic carbocycles. The van der Waals surface area contributed by atoms with Crippen LogP contribution in [-0.4, -0.2) is 56.9 Å². The molecule has 10 heteroatoms. The van der Waals surface area contributed by atoms with Crippen molar-refractivity contribution in [3.63, 3.8) is 0 Å². The van der Waals surface area contributed by atoms with Crippen molar-refractivity contribution in [1.82, 2.24) is 0 Å². The van der Waals surface area contributed by atoms with Gasteiger partial charge in [0.05, 0.1) is 11.5 Å². The van der Waals surface area contributed by atoms with E-state index in [0.29, 0.717) is 5.56 Å². The van der Waals surface area contributed by atoms with Gasteiger partial charge >= 0.3 is 5.97 Å². The van der Waals surface area contributed by atoms with Crippen LogP contribution in [0.2, 0.25) is 0 Å². The topological polar surface area (TPSA) is 178 Å². The highest BCUT2D eigenvalue weighted by atomic mass is 16.5. The summed E-state index contributed by atoms with van der Waals surface area (Å²) in [5.41, 5.74) is 2.53. The monoisotopic (exact) mass is 443 g/mol. The van der Waals surface area contributed by atoms with Crippen molar-refractivity contribution in [1.29, 1.82) is 0 Å². The standard InChI is InChI=1S/C22H21NO9/c1-7-9-4-3-5-11(25)14(9)17(27)16-13(7)18(32-8(2)24)10-6-12(26)15(21(23)30)19(28)22(10,31)20(16)29/h3-5,7,10,13,15-16,18,25,31H,6H2,1-2H3,(H2,23,30)/t7-,10+,13+,15?,16?,18+,22+/m0/s1. The summed E-state index contributed by atoms with van der Waals surface area (Å²) in [5, 5.41) is 21.6. The van der Waals surface area contributed by atoms with Gasteiger partial charge in [0.15, 0.2) is 34.7 Å². The average molecular weight is 443 g/mol. The highest BCUT2D eigenvalue weighted by Crippen LogP contribution is 2.54. The van der Waals surface area contributed by atoms with Crippen molar-refractivity contribution in [2.45, 2.75) is 37.9 Å². The maximum Gasteiger partial charge on any atom is 0.302 e. The van der Waals surface area contributed by atoms with Crippen molar-refractivity contribution in [2.75, 3.05) is 0 Å². The lowest BCUT2D eigenvalue weighted by molar-refractivity contribution is -0.197. The Bertz CT molecular complexity index is 1110. The maximum absolute atomic E-state index is 13.5. The summed E-state index contributed by atoms with van der Waals surface area (Å²) in [5.74, 6) is -13.6. The number of ether oxygens (including phenoxy) is 1. The van der Waals surface area contributed by atoms with Gasteiger partial charge in [0.25, 0.3) is 0 Å². The number of nitrogens with two attached hydrogens (primary N) is 1. The molecule has 0 heterocycles. The second-order valence-electron chi connectivity index (χ2n) is 8.63. The second kappa shape index (κ2) is 7.06. The molecule has 2 unspecified atom stereocenters. The number of ketones is 4. The summed E-state index contributed by atoms with van der Waals surface area (Å²) in [6.45, 7) is 2.74. The highest BCUT2D eigenvalue weighted by Gasteiger charge is 2.70. The molecule has 0 aliphatic heterocycles. The van der Waals surface area contributed by atoms with E-state index in [-0.39, 0.29) is 11.3 Å². The number of aliphatic hydroxyl groups is 1. The highest BCUT2D eigenvalue weighted by molar-refractivity contribution is 6.31. The summed E-state index contributed by atoms with van der Waals surface area (Å²) in [7, 11) is 0. The van der Waals surface area contributed by atoms with Crippen LogP contribution in [0.5, 0.6) is 5.75 Å². The lowest BCUT2D eigenvalue weighted by atomic mass is 9.50. The molecule has 2 fully saturated rings. The van der Waals surface area contributed by atoms with Gasteiger partial charge in [-0.05, 0) is 17.5 Å². The molecule has 168 valence electrons. The number of aromatic hydroxyl groups is 1. The van der Waals surface area contributed by atoms with Crippen LogP contribution < -0.4 is 5.73 Å². The van der Waals surface area contributed by atoms with Gasteiger partial charge in [-0.3, -0.25) is 28.8 Å². The van der Waals surface area contributed by atoms with Gasteiger partial charge in [0.1, 0.15) is 11.9 Å². The van der Waals surface area contributed by atoms with Crippen molar-refractivity contribution in [3.8, 4) is 5.75 Å². The fourth-order valence-corrected chi connectivity index (χ4v) is 5.63. The first-order chi connectivity index (χ1) is 14.9. The molecule has 0 aromatic heterocycles. The van der Waals surface area contributed by atoms with Gasteiger partial charge in [-0.2, -0.15) is 0 Å². The molecule has 0 radical (unpaired) electrons. The van der Waals surface area contributed by atoms with Gasteiger partial charge in [-0.25, -0.2) is 0 Å². The quantitative estimate of drug-likeness (QED) is 0.399. The number of benzene rings is 1. The van der Waals surface area contributed by atoms with Crippen molar-refractivity contribution in [3.05, 3.63) is 29.3 Å². The van der Waals surface area contributed by atoms with Crippen LogP contribution in [0.1, 0.15) is 42.1 Å². The molecule has 3 aliphatic rings. The van der Waals surface area contributed by atoms with E-state index >= 15 is 0 Å². The Morgan fingerprint density at radius 2 is 1.81 bits per heavy atom. The number of fused-ring (bicyclic) bond motifs is 3. The number of hydrogen-bond acceptors (Lipinski definition) is 9. The predicted molar refractivity (Wildman–Crippen MR) is 104 cm³/mol. The van der Waals surface area contributed by atoms with Crippen LogP contribution in [0.3, 0.4) is 0 Å². The van der Waals surface area contributed by atoms with Crippen molar-refractivity contribution in [2.24, 2.45) is 29.4 Å². The number of primary amides is 1. The summed E-state index contributed by atoms with van der Waals surface area (Å²) < 4.78 is 5.41. The summed E-state index contributed by atoms with van der Waals surface area (Å²) in [4.78, 5) is 76.1. The van der Waals surface area contributed by atoms with Gasteiger partial charge in [0, 0.05) is 25.2 Å². The minimum Gasteiger partial charge on any atom is -0.507 e. The first kappa shape index (κ1) is 21.8. The minimum absolute atomic E-state index is 0.121. The van der Waals surface area contributed by atoms with Crippen molar-refractivity contribution >= 4 is 35.0 Å². The van der Waals surface area contributed by atoms with Gasteiger partial charge in [-0.15, -0.1) is 0 Å². The molecule has 0 bridgehead atoms. The number of carbonyl (C=O) groups excluding carboxylic acids is 6. The smallest absolute Gasteiger partial charge is 0.302 e. The van der Waals surface area contributed by atoms with E-state index < -0.39 is 82.7 Å². The molecule has 1 aromatic carbocycles. The SMILES string of the molecule is CC(=O)O[C@H]1[C@H]2C(C(=O)c3c(O)cccc3[C@@H]2C)C(=O)[C@]2(O)C(=O)C(C(N)=O)C(=O)C[C@H]12. The third-order valence-electron chi connectivity index (χ3n) is 6.99. The normalized spacial score (nSPS) is 36.1. The molecule has 1 aromatic rings. The lowest BCUT2D eigenvalue weighted by Crippen LogP contribution is -2.73. The predicted octanol–water partition coefficient (Wildman–Crippen LogP) is -0.571. The molecule has 32 heavy (non-hydrogen) atoms. The van der Waals surface area contributed by atoms with Crippen LogP contribution in [-0.2, 0) is 28.7 Å². The zero-order valence-electron chi connectivity index (χ0n) is 17.2. The molecule has 7 atom stereocenters. The Balaban J connectivity index is 1.95. The molecule has 2 saturated carbocycles. The molecule has 0 saturated heterocycles. The van der Waals surface area contributed by atoms with Gasteiger partial charge in [0.2, 0.25) is 5.91 Å². The van der Waals surface area contributed by atoms with E-state index in [0.717, 1.165) is 6.92 Å². The first-order valence-electron chi connectivity index (χ1n) is 10.1. The molecule has 0 spiro atoms. The number of amides is 1. The van der Waals surface area contributed by atoms with E-state index in [2.05, 4.69) is 0 Å². The number of esters is 1. The molecule has 10 nitrogen and oxygen atoms in total. The fourth-order valence-electron chi connectivity index (χ4n) is 5.63. The zero-order chi connectivity index (χ0) is 23.7. The lowest BCUT2D eigenvalue weighted by Gasteiger charge is -2.53. The van der Waals surface area contributed by atoms with Gasteiger partial charge < -0.3 is 20.7 Å². The number of phenolic OH excluding ortho intramolecular Hbond substituents is 1. The maximum atomic E-state index is 13.5. The van der Waals surface area contributed by atoms with E-state index in [1.165, 1.54) is 12.1 Å². The Hall–Kier alpha value is -3.40. The Kier molecular flexibility index (Phi) is 4.81. The molecule has 1 amide bonds.